The van der Waals surface area contributed by atoms with E-state index in [1.165, 1.54) is 0 Å². The van der Waals surface area contributed by atoms with Crippen molar-refractivity contribution >= 4 is 0 Å². The molecule has 0 fully saturated rings. The molecule has 0 heterocycles. The molecule has 1 N–H and O–H groups in total. The summed E-state index contributed by atoms with van der Waals surface area (Å²) in [5.74, 6) is 2.55. The van der Waals surface area contributed by atoms with E-state index in [4.69, 9.17) is 9.47 Å². The fourth-order valence-corrected chi connectivity index (χ4v) is 2.11. The van der Waals surface area contributed by atoms with Crippen molar-refractivity contribution in [3.63, 3.8) is 0 Å². The Morgan fingerprint density at radius 1 is 1.00 bits per heavy atom. The van der Waals surface area contributed by atoms with Crippen LogP contribution in [-0.4, -0.2) is 11.2 Å². The van der Waals surface area contributed by atoms with Crippen LogP contribution in [0.3, 0.4) is 0 Å². The summed E-state index contributed by atoms with van der Waals surface area (Å²) in [4.78, 5) is 0. The standard InChI is InChI=1S/C18H22O3/c1-4-6-14-11-17(9-10-18(14)19)21-16-8-5-7-15(12-16)20-13(2)3/h5,7-13,19H,4,6H2,1-3H3. The molecule has 2 aromatic carbocycles. The summed E-state index contributed by atoms with van der Waals surface area (Å²) in [7, 11) is 0. The van der Waals surface area contributed by atoms with Crippen molar-refractivity contribution in [3.8, 4) is 23.0 Å². The molecule has 0 saturated heterocycles. The SMILES string of the molecule is CCCc1cc(Oc2cccc(OC(C)C)c2)ccc1O. The molecule has 0 saturated carbocycles. The molecule has 112 valence electrons. The fourth-order valence-electron chi connectivity index (χ4n) is 2.11. The minimum Gasteiger partial charge on any atom is -0.508 e. The highest BCUT2D eigenvalue weighted by Crippen LogP contribution is 2.29. The smallest absolute Gasteiger partial charge is 0.131 e. The fraction of sp³-hybridized carbons (Fsp3) is 0.333. The maximum Gasteiger partial charge on any atom is 0.131 e. The summed E-state index contributed by atoms with van der Waals surface area (Å²) in [6, 6.07) is 12.9. The van der Waals surface area contributed by atoms with Crippen LogP contribution in [0.25, 0.3) is 0 Å². The Morgan fingerprint density at radius 3 is 2.43 bits per heavy atom. The van der Waals surface area contributed by atoms with Crippen molar-refractivity contribution in [2.24, 2.45) is 0 Å². The van der Waals surface area contributed by atoms with Crippen LogP contribution in [0.1, 0.15) is 32.8 Å². The maximum absolute atomic E-state index is 9.80. The van der Waals surface area contributed by atoms with Gasteiger partial charge in [0.1, 0.15) is 23.0 Å². The number of phenolic OH excluding ortho intramolecular Hbond substituents is 1. The Hall–Kier alpha value is -2.16. The zero-order valence-electron chi connectivity index (χ0n) is 12.8. The average Bonchev–Trinajstić information content (AvgIpc) is 2.42. The van der Waals surface area contributed by atoms with Gasteiger partial charge in [0.05, 0.1) is 6.10 Å². The zero-order valence-corrected chi connectivity index (χ0v) is 12.8. The summed E-state index contributed by atoms with van der Waals surface area (Å²) in [5, 5.41) is 9.80. The van der Waals surface area contributed by atoms with Crippen LogP contribution in [0.2, 0.25) is 0 Å². The first-order valence-corrected chi connectivity index (χ1v) is 7.35. The van der Waals surface area contributed by atoms with E-state index in [2.05, 4.69) is 6.92 Å². The molecule has 0 aromatic heterocycles. The summed E-state index contributed by atoms with van der Waals surface area (Å²) < 4.78 is 11.5. The van der Waals surface area contributed by atoms with Gasteiger partial charge >= 0.3 is 0 Å². The lowest BCUT2D eigenvalue weighted by Crippen LogP contribution is -2.05. The zero-order chi connectivity index (χ0) is 15.2. The average molecular weight is 286 g/mol. The Labute approximate surface area is 126 Å². The van der Waals surface area contributed by atoms with Gasteiger partial charge in [-0.1, -0.05) is 19.4 Å². The van der Waals surface area contributed by atoms with Crippen molar-refractivity contribution in [2.75, 3.05) is 0 Å². The third-order valence-corrected chi connectivity index (χ3v) is 2.98. The van der Waals surface area contributed by atoms with Crippen LogP contribution in [-0.2, 0) is 6.42 Å². The number of hydrogen-bond acceptors (Lipinski definition) is 3. The molecule has 0 radical (unpaired) electrons. The van der Waals surface area contributed by atoms with Gasteiger partial charge in [0, 0.05) is 6.07 Å². The summed E-state index contributed by atoms with van der Waals surface area (Å²) in [5.41, 5.74) is 0.907. The first kappa shape index (κ1) is 15.2. The number of phenols is 1. The second kappa shape index (κ2) is 7.02. The number of aromatic hydroxyl groups is 1. The van der Waals surface area contributed by atoms with Crippen molar-refractivity contribution in [2.45, 2.75) is 39.7 Å². The van der Waals surface area contributed by atoms with Gasteiger partial charge in [-0.3, -0.25) is 0 Å². The molecule has 0 unspecified atom stereocenters. The third-order valence-electron chi connectivity index (χ3n) is 2.98. The number of ether oxygens (including phenoxy) is 2. The van der Waals surface area contributed by atoms with E-state index < -0.39 is 0 Å². The molecule has 3 heteroatoms. The molecule has 0 aliphatic heterocycles. The molecule has 2 rings (SSSR count). The van der Waals surface area contributed by atoms with E-state index in [1.54, 1.807) is 12.1 Å². The Morgan fingerprint density at radius 2 is 1.71 bits per heavy atom. The molecule has 0 aliphatic carbocycles. The quantitative estimate of drug-likeness (QED) is 0.818. The first-order valence-electron chi connectivity index (χ1n) is 7.35. The van der Waals surface area contributed by atoms with Gasteiger partial charge in [0.25, 0.3) is 0 Å². The van der Waals surface area contributed by atoms with Crippen molar-refractivity contribution < 1.29 is 14.6 Å². The minimum absolute atomic E-state index is 0.130. The Kier molecular flexibility index (Phi) is 5.09. The Balaban J connectivity index is 2.16. The van der Waals surface area contributed by atoms with Crippen LogP contribution in [0.4, 0.5) is 0 Å². The maximum atomic E-state index is 9.80. The lowest BCUT2D eigenvalue weighted by Gasteiger charge is -2.12. The summed E-state index contributed by atoms with van der Waals surface area (Å²) >= 11 is 0. The van der Waals surface area contributed by atoms with Gasteiger partial charge in [0.2, 0.25) is 0 Å². The molecule has 21 heavy (non-hydrogen) atoms. The summed E-state index contributed by atoms with van der Waals surface area (Å²) in [6.07, 6.45) is 1.94. The van der Waals surface area contributed by atoms with Crippen LogP contribution in [0.5, 0.6) is 23.0 Å². The molecule has 0 aliphatic rings. The predicted molar refractivity (Wildman–Crippen MR) is 84.4 cm³/mol. The van der Waals surface area contributed by atoms with E-state index in [1.807, 2.05) is 44.2 Å². The molecule has 3 nitrogen and oxygen atoms in total. The number of rotatable bonds is 6. The Bertz CT molecular complexity index is 591. The monoisotopic (exact) mass is 286 g/mol. The van der Waals surface area contributed by atoms with E-state index in [0.717, 1.165) is 35.7 Å². The van der Waals surface area contributed by atoms with Gasteiger partial charge in [-0.15, -0.1) is 0 Å². The number of hydrogen-bond donors (Lipinski definition) is 1. The van der Waals surface area contributed by atoms with Crippen molar-refractivity contribution in [3.05, 3.63) is 48.0 Å². The molecule has 2 aromatic rings. The topological polar surface area (TPSA) is 38.7 Å². The van der Waals surface area contributed by atoms with Gasteiger partial charge in [-0.05, 0) is 56.2 Å². The van der Waals surface area contributed by atoms with E-state index in [9.17, 15) is 5.11 Å². The highest BCUT2D eigenvalue weighted by molar-refractivity contribution is 5.42. The second-order valence-corrected chi connectivity index (χ2v) is 5.28. The van der Waals surface area contributed by atoms with E-state index >= 15 is 0 Å². The van der Waals surface area contributed by atoms with Gasteiger partial charge in [-0.25, -0.2) is 0 Å². The van der Waals surface area contributed by atoms with Gasteiger partial charge < -0.3 is 14.6 Å². The minimum atomic E-state index is 0.130. The highest BCUT2D eigenvalue weighted by atomic mass is 16.5. The third kappa shape index (κ3) is 4.42. The predicted octanol–water partition coefficient (Wildman–Crippen LogP) is 4.92. The number of aryl methyl sites for hydroxylation is 1. The van der Waals surface area contributed by atoms with Crippen molar-refractivity contribution in [1.82, 2.24) is 0 Å². The van der Waals surface area contributed by atoms with E-state index in [-0.39, 0.29) is 6.10 Å². The largest absolute Gasteiger partial charge is 0.508 e. The van der Waals surface area contributed by atoms with Gasteiger partial charge in [0.15, 0.2) is 0 Å². The normalized spacial score (nSPS) is 10.7. The van der Waals surface area contributed by atoms with Crippen LogP contribution in [0.15, 0.2) is 42.5 Å². The molecular formula is C18H22O3. The lowest BCUT2D eigenvalue weighted by molar-refractivity contribution is 0.241. The summed E-state index contributed by atoms with van der Waals surface area (Å²) in [6.45, 7) is 6.06. The second-order valence-electron chi connectivity index (χ2n) is 5.28. The molecular weight excluding hydrogens is 264 g/mol. The van der Waals surface area contributed by atoms with Crippen molar-refractivity contribution in [1.29, 1.82) is 0 Å². The first-order chi connectivity index (χ1) is 10.1. The van der Waals surface area contributed by atoms with E-state index in [0.29, 0.717) is 5.75 Å². The number of benzene rings is 2. The van der Waals surface area contributed by atoms with Gasteiger partial charge in [-0.2, -0.15) is 0 Å². The molecule has 0 spiro atoms. The molecule has 0 amide bonds. The molecule has 0 bridgehead atoms. The molecule has 0 atom stereocenters. The lowest BCUT2D eigenvalue weighted by atomic mass is 10.1. The van der Waals surface area contributed by atoms with Crippen LogP contribution >= 0.6 is 0 Å². The highest BCUT2D eigenvalue weighted by Gasteiger charge is 2.05. The van der Waals surface area contributed by atoms with Crippen LogP contribution in [0, 0.1) is 0 Å². The van der Waals surface area contributed by atoms with Crippen LogP contribution < -0.4 is 9.47 Å².